The van der Waals surface area contributed by atoms with Crippen LogP contribution in [0, 0.1) is 0 Å². The normalized spacial score (nSPS) is 18.0. The number of piperazine rings is 1. The van der Waals surface area contributed by atoms with Crippen molar-refractivity contribution < 1.29 is 17.9 Å². The summed E-state index contributed by atoms with van der Waals surface area (Å²) < 4.78 is 33.9. The Labute approximate surface area is 163 Å². The lowest BCUT2D eigenvalue weighted by Gasteiger charge is -2.34. The molecule has 0 aliphatic carbocycles. The molecular formula is C21H20N2O4S. The van der Waals surface area contributed by atoms with Crippen molar-refractivity contribution in [2.24, 2.45) is 0 Å². The van der Waals surface area contributed by atoms with Gasteiger partial charge in [0, 0.05) is 23.9 Å². The first kappa shape index (κ1) is 18.5. The van der Waals surface area contributed by atoms with E-state index < -0.39 is 16.1 Å². The average Bonchev–Trinajstić information content (AvgIpc) is 2.73. The summed E-state index contributed by atoms with van der Waals surface area (Å²) in [5.74, 6) is 0.282. The molecule has 0 bridgehead atoms. The molecule has 1 fully saturated rings. The Morgan fingerprint density at radius 1 is 0.964 bits per heavy atom. The van der Waals surface area contributed by atoms with Crippen LogP contribution in [0.15, 0.2) is 71.6 Å². The van der Waals surface area contributed by atoms with Gasteiger partial charge in [0.15, 0.2) is 0 Å². The second kappa shape index (κ2) is 7.26. The van der Waals surface area contributed by atoms with Crippen LogP contribution in [0.1, 0.15) is 11.6 Å². The number of amides is 1. The predicted molar refractivity (Wildman–Crippen MR) is 107 cm³/mol. The molecule has 1 amide bonds. The van der Waals surface area contributed by atoms with Crippen LogP contribution in [0.5, 0.6) is 5.75 Å². The van der Waals surface area contributed by atoms with E-state index >= 15 is 0 Å². The first-order valence-electron chi connectivity index (χ1n) is 8.94. The highest BCUT2D eigenvalue weighted by molar-refractivity contribution is 7.89. The molecule has 144 valence electrons. The van der Waals surface area contributed by atoms with Crippen LogP contribution in [0.25, 0.3) is 10.8 Å². The fraction of sp³-hybridized carbons (Fsp3) is 0.190. The third-order valence-electron chi connectivity index (χ3n) is 4.93. The lowest BCUT2D eigenvalue weighted by Crippen LogP contribution is -2.52. The van der Waals surface area contributed by atoms with Gasteiger partial charge < -0.3 is 10.1 Å². The summed E-state index contributed by atoms with van der Waals surface area (Å²) in [5.41, 5.74) is 0.640. The van der Waals surface area contributed by atoms with E-state index in [0.29, 0.717) is 22.1 Å². The van der Waals surface area contributed by atoms with Gasteiger partial charge in [-0.25, -0.2) is 8.42 Å². The van der Waals surface area contributed by atoms with Crippen LogP contribution < -0.4 is 10.1 Å². The van der Waals surface area contributed by atoms with Crippen LogP contribution in [0.3, 0.4) is 0 Å². The molecule has 1 unspecified atom stereocenters. The first-order valence-corrected chi connectivity index (χ1v) is 10.4. The van der Waals surface area contributed by atoms with E-state index in [0.717, 1.165) is 0 Å². The summed E-state index contributed by atoms with van der Waals surface area (Å²) in [6.07, 6.45) is 0. The molecule has 1 aliphatic rings. The molecule has 6 nitrogen and oxygen atoms in total. The third-order valence-corrected chi connectivity index (χ3v) is 6.86. The van der Waals surface area contributed by atoms with E-state index in [-0.39, 0.29) is 23.9 Å². The maximum Gasteiger partial charge on any atom is 0.244 e. The fourth-order valence-electron chi connectivity index (χ4n) is 3.63. The van der Waals surface area contributed by atoms with Gasteiger partial charge in [0.2, 0.25) is 15.9 Å². The topological polar surface area (TPSA) is 75.7 Å². The van der Waals surface area contributed by atoms with Crippen LogP contribution in [-0.4, -0.2) is 38.8 Å². The minimum absolute atomic E-state index is 0.166. The largest absolute Gasteiger partial charge is 0.496 e. The van der Waals surface area contributed by atoms with Gasteiger partial charge in [-0.1, -0.05) is 54.6 Å². The summed E-state index contributed by atoms with van der Waals surface area (Å²) in [5, 5.41) is 4.06. The number of benzene rings is 3. The summed E-state index contributed by atoms with van der Waals surface area (Å²) in [6.45, 7) is 0.476. The number of rotatable bonds is 4. The van der Waals surface area contributed by atoms with Crippen molar-refractivity contribution in [2.45, 2.75) is 10.9 Å². The van der Waals surface area contributed by atoms with Gasteiger partial charge in [0.05, 0.1) is 12.0 Å². The standard InChI is InChI=1S/C21H20N2O4S/c1-27-18-11-12-19(17-10-6-5-9-16(17)18)28(25,26)23-14-13-22-21(24)20(23)15-7-3-2-4-8-15/h2-12,20H,13-14H2,1H3,(H,22,24). The Kier molecular flexibility index (Phi) is 4.78. The van der Waals surface area contributed by atoms with E-state index in [9.17, 15) is 13.2 Å². The molecule has 1 N–H and O–H groups in total. The Hall–Kier alpha value is -2.90. The average molecular weight is 396 g/mol. The lowest BCUT2D eigenvalue weighted by atomic mass is 10.1. The van der Waals surface area contributed by atoms with Crippen molar-refractivity contribution in [3.05, 3.63) is 72.3 Å². The highest BCUT2D eigenvalue weighted by Gasteiger charge is 2.40. The highest BCUT2D eigenvalue weighted by Crippen LogP contribution is 2.35. The summed E-state index contributed by atoms with van der Waals surface area (Å²) in [7, 11) is -2.37. The van der Waals surface area contributed by atoms with E-state index in [4.69, 9.17) is 4.74 Å². The summed E-state index contributed by atoms with van der Waals surface area (Å²) >= 11 is 0. The number of sulfonamides is 1. The third kappa shape index (κ3) is 3.02. The van der Waals surface area contributed by atoms with Gasteiger partial charge in [-0.2, -0.15) is 4.31 Å². The SMILES string of the molecule is COc1ccc(S(=O)(=O)N2CCNC(=O)C2c2ccccc2)c2ccccc12. The Bertz CT molecular complexity index is 1130. The number of fused-ring (bicyclic) bond motifs is 1. The zero-order valence-corrected chi connectivity index (χ0v) is 16.1. The van der Waals surface area contributed by atoms with Crippen molar-refractivity contribution in [3.8, 4) is 5.75 Å². The van der Waals surface area contributed by atoms with Crippen LogP contribution in [0.2, 0.25) is 0 Å². The monoisotopic (exact) mass is 396 g/mol. The maximum atomic E-state index is 13.6. The van der Waals surface area contributed by atoms with E-state index in [1.54, 1.807) is 55.6 Å². The summed E-state index contributed by atoms with van der Waals surface area (Å²) in [6, 6.07) is 18.5. The number of nitrogens with zero attached hydrogens (tertiary/aromatic N) is 1. The Morgan fingerprint density at radius 2 is 1.64 bits per heavy atom. The smallest absolute Gasteiger partial charge is 0.244 e. The lowest BCUT2D eigenvalue weighted by molar-refractivity contribution is -0.126. The van der Waals surface area contributed by atoms with Gasteiger partial charge in [0.1, 0.15) is 11.8 Å². The molecular weight excluding hydrogens is 376 g/mol. The molecule has 0 radical (unpaired) electrons. The number of ether oxygens (including phenoxy) is 1. The number of methoxy groups -OCH3 is 1. The second-order valence-corrected chi connectivity index (χ2v) is 8.39. The number of hydrogen-bond acceptors (Lipinski definition) is 4. The quantitative estimate of drug-likeness (QED) is 0.736. The number of carbonyl (C=O) groups is 1. The molecule has 7 heteroatoms. The minimum atomic E-state index is -3.93. The van der Waals surface area contributed by atoms with Gasteiger partial charge in [0.25, 0.3) is 0 Å². The molecule has 1 atom stereocenters. The second-order valence-electron chi connectivity index (χ2n) is 6.53. The molecule has 3 aromatic rings. The summed E-state index contributed by atoms with van der Waals surface area (Å²) in [4.78, 5) is 12.8. The number of hydrogen-bond donors (Lipinski definition) is 1. The first-order chi connectivity index (χ1) is 13.5. The Balaban J connectivity index is 1.88. The molecule has 0 spiro atoms. The van der Waals surface area contributed by atoms with Crippen molar-refractivity contribution >= 4 is 26.7 Å². The van der Waals surface area contributed by atoms with Gasteiger partial charge in [-0.3, -0.25) is 4.79 Å². The predicted octanol–water partition coefficient (Wildman–Crippen LogP) is 2.71. The fourth-order valence-corrected chi connectivity index (χ4v) is 5.41. The molecule has 28 heavy (non-hydrogen) atoms. The Morgan fingerprint density at radius 3 is 2.36 bits per heavy atom. The van der Waals surface area contributed by atoms with Crippen LogP contribution >= 0.6 is 0 Å². The number of nitrogens with one attached hydrogen (secondary N) is 1. The minimum Gasteiger partial charge on any atom is -0.496 e. The molecule has 1 saturated heterocycles. The molecule has 0 saturated carbocycles. The molecule has 1 heterocycles. The molecule has 3 aromatic carbocycles. The highest BCUT2D eigenvalue weighted by atomic mass is 32.2. The molecule has 1 aliphatic heterocycles. The van der Waals surface area contributed by atoms with Gasteiger partial charge in [-0.15, -0.1) is 0 Å². The van der Waals surface area contributed by atoms with Crippen molar-refractivity contribution in [3.63, 3.8) is 0 Å². The molecule has 0 aromatic heterocycles. The van der Waals surface area contributed by atoms with Gasteiger partial charge in [-0.05, 0) is 17.7 Å². The zero-order valence-electron chi connectivity index (χ0n) is 15.3. The van der Waals surface area contributed by atoms with Crippen molar-refractivity contribution in [2.75, 3.05) is 20.2 Å². The van der Waals surface area contributed by atoms with E-state index in [1.807, 2.05) is 18.2 Å². The van der Waals surface area contributed by atoms with Crippen LogP contribution in [0.4, 0.5) is 0 Å². The number of carbonyl (C=O) groups excluding carboxylic acids is 1. The van der Waals surface area contributed by atoms with Crippen molar-refractivity contribution in [1.29, 1.82) is 0 Å². The van der Waals surface area contributed by atoms with Crippen molar-refractivity contribution in [1.82, 2.24) is 9.62 Å². The van der Waals surface area contributed by atoms with E-state index in [1.165, 1.54) is 4.31 Å². The van der Waals surface area contributed by atoms with Gasteiger partial charge >= 0.3 is 0 Å². The maximum absolute atomic E-state index is 13.6. The van der Waals surface area contributed by atoms with E-state index in [2.05, 4.69) is 5.32 Å². The van der Waals surface area contributed by atoms with Crippen LogP contribution in [-0.2, 0) is 14.8 Å². The molecule has 4 rings (SSSR count). The zero-order chi connectivity index (χ0) is 19.7.